The van der Waals surface area contributed by atoms with Crippen molar-refractivity contribution in [2.45, 2.75) is 33.1 Å². The normalized spacial score (nSPS) is 10.9. The van der Waals surface area contributed by atoms with Crippen molar-refractivity contribution in [3.63, 3.8) is 0 Å². The van der Waals surface area contributed by atoms with E-state index in [1.165, 1.54) is 12.0 Å². The van der Waals surface area contributed by atoms with Crippen molar-refractivity contribution in [3.8, 4) is 0 Å². The van der Waals surface area contributed by atoms with Crippen molar-refractivity contribution >= 4 is 0 Å². The van der Waals surface area contributed by atoms with Gasteiger partial charge < -0.3 is 4.84 Å². The van der Waals surface area contributed by atoms with Crippen LogP contribution in [-0.4, -0.2) is 13.2 Å². The van der Waals surface area contributed by atoms with Crippen LogP contribution in [0.1, 0.15) is 32.3 Å². The van der Waals surface area contributed by atoms with Gasteiger partial charge in [0, 0.05) is 6.54 Å². The Morgan fingerprint density at radius 2 is 1.88 bits per heavy atom. The summed E-state index contributed by atoms with van der Waals surface area (Å²) in [5.74, 6) is 0.594. The van der Waals surface area contributed by atoms with Crippen LogP contribution in [0.2, 0.25) is 0 Å². The molecule has 0 spiro atoms. The summed E-state index contributed by atoms with van der Waals surface area (Å²) in [6, 6.07) is 10.6. The van der Waals surface area contributed by atoms with Crippen LogP contribution in [0.25, 0.3) is 0 Å². The molecule has 16 heavy (non-hydrogen) atoms. The number of hydroxylamine groups is 1. The van der Waals surface area contributed by atoms with Gasteiger partial charge in [-0.15, -0.1) is 0 Å². The lowest BCUT2D eigenvalue weighted by Gasteiger charge is -2.07. The summed E-state index contributed by atoms with van der Waals surface area (Å²) in [5, 5.41) is 0. The Labute approximate surface area is 99.0 Å². The van der Waals surface area contributed by atoms with Gasteiger partial charge in [0.15, 0.2) is 0 Å². The second-order valence-corrected chi connectivity index (χ2v) is 4.54. The molecule has 2 heteroatoms. The fourth-order valence-corrected chi connectivity index (χ4v) is 1.47. The fourth-order valence-electron chi connectivity index (χ4n) is 1.47. The molecule has 0 bridgehead atoms. The Morgan fingerprint density at radius 1 is 1.12 bits per heavy atom. The van der Waals surface area contributed by atoms with E-state index in [-0.39, 0.29) is 0 Å². The minimum atomic E-state index is 0.594. The van der Waals surface area contributed by atoms with Crippen LogP contribution in [0, 0.1) is 5.92 Å². The van der Waals surface area contributed by atoms with Gasteiger partial charge in [0.1, 0.15) is 0 Å². The summed E-state index contributed by atoms with van der Waals surface area (Å²) < 4.78 is 0. The Balaban J connectivity index is 1.93. The van der Waals surface area contributed by atoms with E-state index in [1.54, 1.807) is 0 Å². The lowest BCUT2D eigenvalue weighted by Crippen LogP contribution is -2.19. The van der Waals surface area contributed by atoms with Crippen LogP contribution in [0.3, 0.4) is 0 Å². The molecule has 0 aliphatic heterocycles. The van der Waals surface area contributed by atoms with Crippen LogP contribution >= 0.6 is 0 Å². The predicted octanol–water partition coefficient (Wildman–Crippen LogP) is 3.19. The molecule has 1 N–H and O–H groups in total. The van der Waals surface area contributed by atoms with Crippen molar-refractivity contribution in [1.82, 2.24) is 5.48 Å². The number of unbranched alkanes of at least 4 members (excludes halogenated alkanes) is 1. The molecule has 0 unspecified atom stereocenters. The van der Waals surface area contributed by atoms with E-state index in [0.29, 0.717) is 5.92 Å². The zero-order valence-corrected chi connectivity index (χ0v) is 10.4. The number of rotatable bonds is 8. The van der Waals surface area contributed by atoms with Crippen LogP contribution in [0.5, 0.6) is 0 Å². The Morgan fingerprint density at radius 3 is 2.56 bits per heavy atom. The highest BCUT2D eigenvalue weighted by Gasteiger charge is 1.94. The summed E-state index contributed by atoms with van der Waals surface area (Å²) in [6.45, 7) is 6.03. The maximum atomic E-state index is 5.30. The average molecular weight is 221 g/mol. The van der Waals surface area contributed by atoms with E-state index < -0.39 is 0 Å². The quantitative estimate of drug-likeness (QED) is 0.537. The summed E-state index contributed by atoms with van der Waals surface area (Å²) in [4.78, 5) is 5.30. The second kappa shape index (κ2) is 8.31. The first-order valence-corrected chi connectivity index (χ1v) is 6.17. The first-order chi connectivity index (χ1) is 7.79. The van der Waals surface area contributed by atoms with Gasteiger partial charge in [0.05, 0.1) is 6.61 Å². The van der Waals surface area contributed by atoms with Crippen LogP contribution in [0.4, 0.5) is 0 Å². The van der Waals surface area contributed by atoms with Gasteiger partial charge in [-0.2, -0.15) is 0 Å². The number of nitrogens with one attached hydrogen (secondary N) is 1. The van der Waals surface area contributed by atoms with Gasteiger partial charge in [-0.1, -0.05) is 44.2 Å². The van der Waals surface area contributed by atoms with E-state index in [1.807, 2.05) is 0 Å². The fraction of sp³-hybridized carbons (Fsp3) is 0.571. The Hall–Kier alpha value is -0.860. The highest BCUT2D eigenvalue weighted by molar-refractivity contribution is 5.14. The molecule has 0 aliphatic carbocycles. The van der Waals surface area contributed by atoms with Gasteiger partial charge >= 0.3 is 0 Å². The van der Waals surface area contributed by atoms with E-state index in [0.717, 1.165) is 26.0 Å². The molecule has 0 heterocycles. The highest BCUT2D eigenvalue weighted by Crippen LogP contribution is 2.03. The first kappa shape index (κ1) is 13.2. The van der Waals surface area contributed by atoms with Gasteiger partial charge in [-0.25, -0.2) is 5.48 Å². The number of hydrogen-bond acceptors (Lipinski definition) is 2. The number of benzene rings is 1. The van der Waals surface area contributed by atoms with Gasteiger partial charge in [-0.05, 0) is 30.7 Å². The van der Waals surface area contributed by atoms with Crippen LogP contribution < -0.4 is 5.48 Å². The Bertz CT molecular complexity index is 259. The molecular weight excluding hydrogens is 198 g/mol. The molecule has 1 aromatic carbocycles. The molecule has 0 atom stereocenters. The lowest BCUT2D eigenvalue weighted by molar-refractivity contribution is 0.0233. The number of aryl methyl sites for hydroxylation is 1. The topological polar surface area (TPSA) is 21.3 Å². The highest BCUT2D eigenvalue weighted by atomic mass is 16.6. The van der Waals surface area contributed by atoms with Crippen molar-refractivity contribution in [2.75, 3.05) is 13.2 Å². The summed E-state index contributed by atoms with van der Waals surface area (Å²) in [5.41, 5.74) is 4.42. The summed E-state index contributed by atoms with van der Waals surface area (Å²) in [7, 11) is 0. The minimum absolute atomic E-state index is 0.594. The molecule has 0 aliphatic rings. The standard InChI is InChI=1S/C14H23NO/c1-13(2)12-16-15-11-7-6-10-14-8-4-3-5-9-14/h3-5,8-9,13,15H,6-7,10-12H2,1-2H3. The molecule has 0 fully saturated rings. The SMILES string of the molecule is CC(C)CONCCCCc1ccccc1. The smallest absolute Gasteiger partial charge is 0.0705 e. The largest absolute Gasteiger partial charge is 0.302 e. The lowest BCUT2D eigenvalue weighted by atomic mass is 10.1. The third-order valence-corrected chi connectivity index (χ3v) is 2.36. The molecule has 90 valence electrons. The third kappa shape index (κ3) is 6.59. The van der Waals surface area contributed by atoms with Crippen LogP contribution in [0.15, 0.2) is 30.3 Å². The maximum Gasteiger partial charge on any atom is 0.0705 e. The molecule has 1 rings (SSSR count). The molecule has 0 saturated heterocycles. The zero-order valence-electron chi connectivity index (χ0n) is 10.4. The van der Waals surface area contributed by atoms with Crippen molar-refractivity contribution in [2.24, 2.45) is 5.92 Å². The van der Waals surface area contributed by atoms with Gasteiger partial charge in [0.2, 0.25) is 0 Å². The van der Waals surface area contributed by atoms with E-state index in [9.17, 15) is 0 Å². The monoisotopic (exact) mass is 221 g/mol. The minimum Gasteiger partial charge on any atom is -0.302 e. The van der Waals surface area contributed by atoms with Gasteiger partial charge in [-0.3, -0.25) is 0 Å². The van der Waals surface area contributed by atoms with E-state index in [4.69, 9.17) is 4.84 Å². The van der Waals surface area contributed by atoms with Crippen molar-refractivity contribution < 1.29 is 4.84 Å². The predicted molar refractivity (Wildman–Crippen MR) is 68.2 cm³/mol. The van der Waals surface area contributed by atoms with E-state index >= 15 is 0 Å². The van der Waals surface area contributed by atoms with Crippen molar-refractivity contribution in [1.29, 1.82) is 0 Å². The molecular formula is C14H23NO. The zero-order chi connectivity index (χ0) is 11.6. The number of hydrogen-bond donors (Lipinski definition) is 1. The summed E-state index contributed by atoms with van der Waals surface area (Å²) in [6.07, 6.45) is 3.53. The molecule has 0 radical (unpaired) electrons. The van der Waals surface area contributed by atoms with Crippen molar-refractivity contribution in [3.05, 3.63) is 35.9 Å². The molecule has 0 aromatic heterocycles. The molecule has 2 nitrogen and oxygen atoms in total. The molecule has 0 saturated carbocycles. The first-order valence-electron chi connectivity index (χ1n) is 6.17. The third-order valence-electron chi connectivity index (χ3n) is 2.36. The summed E-state index contributed by atoms with van der Waals surface area (Å²) >= 11 is 0. The maximum absolute atomic E-state index is 5.30. The Kier molecular flexibility index (Phi) is 6.86. The van der Waals surface area contributed by atoms with Crippen LogP contribution in [-0.2, 0) is 11.3 Å². The van der Waals surface area contributed by atoms with Gasteiger partial charge in [0.25, 0.3) is 0 Å². The van der Waals surface area contributed by atoms with E-state index in [2.05, 4.69) is 49.7 Å². The second-order valence-electron chi connectivity index (χ2n) is 4.54. The average Bonchev–Trinajstić information content (AvgIpc) is 2.29. The molecule has 0 amide bonds. The molecule has 1 aromatic rings.